The van der Waals surface area contributed by atoms with Crippen molar-refractivity contribution >= 4 is 34.2 Å². The van der Waals surface area contributed by atoms with Gasteiger partial charge in [-0.15, -0.1) is 11.3 Å². The van der Waals surface area contributed by atoms with Gasteiger partial charge in [-0.05, 0) is 63.9 Å². The van der Waals surface area contributed by atoms with E-state index >= 15 is 0 Å². The summed E-state index contributed by atoms with van der Waals surface area (Å²) >= 11 is 1.38. The van der Waals surface area contributed by atoms with Crippen molar-refractivity contribution < 1.29 is 23.9 Å². The molecule has 0 bridgehead atoms. The molecule has 1 aliphatic heterocycles. The van der Waals surface area contributed by atoms with Gasteiger partial charge in [-0.3, -0.25) is 4.79 Å². The van der Waals surface area contributed by atoms with Crippen LogP contribution in [-0.2, 0) is 21.4 Å². The van der Waals surface area contributed by atoms with Gasteiger partial charge in [0.05, 0.1) is 25.3 Å². The minimum Gasteiger partial charge on any atom is -0.465 e. The fraction of sp³-hybridized carbons (Fsp3) is 0.409. The van der Waals surface area contributed by atoms with Crippen molar-refractivity contribution in [3.8, 4) is 0 Å². The standard InChI is InChI=1S/C22H26N2O5S/c1-21(2)11-14-15(20(27)29-6)18(30-16(14)22(3,4)24-21)23-17(25)12-7-9-13(10-8-12)19(26)28-5/h7-10,24H,11H2,1-6H3,(H,23,25). The molecule has 2 aromatic rings. The summed E-state index contributed by atoms with van der Waals surface area (Å²) < 4.78 is 9.70. The van der Waals surface area contributed by atoms with Crippen molar-refractivity contribution in [2.24, 2.45) is 0 Å². The van der Waals surface area contributed by atoms with Crippen LogP contribution in [0.4, 0.5) is 5.00 Å². The SMILES string of the molecule is COC(=O)c1ccc(C(=O)Nc2sc3c(c2C(=O)OC)CC(C)(C)NC3(C)C)cc1. The molecule has 30 heavy (non-hydrogen) atoms. The molecule has 0 atom stereocenters. The molecule has 0 fully saturated rings. The molecular weight excluding hydrogens is 404 g/mol. The van der Waals surface area contributed by atoms with Crippen molar-refractivity contribution in [1.82, 2.24) is 5.32 Å². The molecule has 2 N–H and O–H groups in total. The second kappa shape index (κ2) is 7.85. The van der Waals surface area contributed by atoms with Crippen molar-refractivity contribution in [3.63, 3.8) is 0 Å². The van der Waals surface area contributed by atoms with Crippen LogP contribution in [0.5, 0.6) is 0 Å². The lowest BCUT2D eigenvalue weighted by Gasteiger charge is -2.42. The summed E-state index contributed by atoms with van der Waals surface area (Å²) in [6.07, 6.45) is 0.635. The number of nitrogens with one attached hydrogen (secondary N) is 2. The monoisotopic (exact) mass is 430 g/mol. The average molecular weight is 431 g/mol. The van der Waals surface area contributed by atoms with Crippen LogP contribution in [0.3, 0.4) is 0 Å². The van der Waals surface area contributed by atoms with E-state index < -0.39 is 11.9 Å². The van der Waals surface area contributed by atoms with E-state index in [-0.39, 0.29) is 17.0 Å². The summed E-state index contributed by atoms with van der Waals surface area (Å²) in [5.74, 6) is -1.32. The number of hydrogen-bond acceptors (Lipinski definition) is 7. The van der Waals surface area contributed by atoms with Gasteiger partial charge in [0.1, 0.15) is 5.00 Å². The first-order chi connectivity index (χ1) is 14.0. The first-order valence-corrected chi connectivity index (χ1v) is 10.3. The highest BCUT2D eigenvalue weighted by molar-refractivity contribution is 7.17. The number of ether oxygens (including phenoxy) is 2. The Morgan fingerprint density at radius 3 is 2.10 bits per heavy atom. The molecular formula is C22H26N2O5S. The lowest BCUT2D eigenvalue weighted by molar-refractivity contribution is 0.0591. The number of esters is 2. The van der Waals surface area contributed by atoms with Crippen LogP contribution in [0.25, 0.3) is 0 Å². The van der Waals surface area contributed by atoms with E-state index in [1.54, 1.807) is 12.1 Å². The molecule has 0 saturated heterocycles. The van der Waals surface area contributed by atoms with Crippen molar-refractivity contribution in [2.75, 3.05) is 19.5 Å². The Morgan fingerprint density at radius 2 is 1.53 bits per heavy atom. The maximum Gasteiger partial charge on any atom is 0.341 e. The van der Waals surface area contributed by atoms with Gasteiger partial charge in [-0.2, -0.15) is 0 Å². The summed E-state index contributed by atoms with van der Waals surface area (Å²) in [5.41, 5.74) is 1.44. The van der Waals surface area contributed by atoms with Gasteiger partial charge < -0.3 is 20.1 Å². The Morgan fingerprint density at radius 1 is 0.967 bits per heavy atom. The van der Waals surface area contributed by atoms with Gasteiger partial charge in [0.15, 0.2) is 0 Å². The number of methoxy groups -OCH3 is 2. The maximum absolute atomic E-state index is 12.8. The smallest absolute Gasteiger partial charge is 0.341 e. The van der Waals surface area contributed by atoms with Crippen molar-refractivity contribution in [1.29, 1.82) is 0 Å². The molecule has 0 spiro atoms. The first-order valence-electron chi connectivity index (χ1n) is 9.52. The molecule has 0 aliphatic carbocycles. The molecule has 1 amide bonds. The minimum atomic E-state index is -0.475. The summed E-state index contributed by atoms with van der Waals surface area (Å²) in [6, 6.07) is 6.14. The van der Waals surface area contributed by atoms with Crippen LogP contribution in [0.1, 0.15) is 69.2 Å². The Balaban J connectivity index is 1.98. The zero-order valence-corrected chi connectivity index (χ0v) is 18.8. The zero-order valence-electron chi connectivity index (χ0n) is 18.0. The van der Waals surface area contributed by atoms with Gasteiger partial charge in [0.25, 0.3) is 5.91 Å². The third-order valence-electron chi connectivity index (χ3n) is 5.03. The second-order valence-electron chi connectivity index (χ2n) is 8.44. The van der Waals surface area contributed by atoms with E-state index in [4.69, 9.17) is 4.74 Å². The Hall–Kier alpha value is -2.71. The van der Waals surface area contributed by atoms with Gasteiger partial charge in [-0.1, -0.05) is 0 Å². The molecule has 3 rings (SSSR count). The molecule has 160 valence electrons. The summed E-state index contributed by atoms with van der Waals surface area (Å²) in [7, 11) is 2.63. The largest absolute Gasteiger partial charge is 0.465 e. The van der Waals surface area contributed by atoms with Gasteiger partial charge in [-0.25, -0.2) is 9.59 Å². The number of rotatable bonds is 4. The van der Waals surface area contributed by atoms with E-state index in [1.807, 2.05) is 0 Å². The molecule has 0 unspecified atom stereocenters. The average Bonchev–Trinajstić information content (AvgIpc) is 3.03. The Labute approximate surface area is 179 Å². The fourth-order valence-corrected chi connectivity index (χ4v) is 5.24. The summed E-state index contributed by atoms with van der Waals surface area (Å²) in [4.78, 5) is 38.0. The second-order valence-corrected chi connectivity index (χ2v) is 9.46. The van der Waals surface area contributed by atoms with E-state index in [0.717, 1.165) is 10.4 Å². The zero-order chi connectivity index (χ0) is 22.3. The first kappa shape index (κ1) is 22.0. The Bertz CT molecular complexity index is 1010. The van der Waals surface area contributed by atoms with E-state index in [9.17, 15) is 14.4 Å². The molecule has 0 radical (unpaired) electrons. The van der Waals surface area contributed by atoms with Crippen LogP contribution in [-0.4, -0.2) is 37.6 Å². The van der Waals surface area contributed by atoms with Gasteiger partial charge in [0.2, 0.25) is 0 Å². The van der Waals surface area contributed by atoms with E-state index in [2.05, 4.69) is 43.1 Å². The number of carbonyl (C=O) groups excluding carboxylic acids is 3. The van der Waals surface area contributed by atoms with Crippen LogP contribution in [0.15, 0.2) is 24.3 Å². The number of thiophene rings is 1. The van der Waals surface area contributed by atoms with Crippen LogP contribution >= 0.6 is 11.3 Å². The fourth-order valence-electron chi connectivity index (χ4n) is 3.98. The molecule has 2 heterocycles. The lowest BCUT2D eigenvalue weighted by Crippen LogP contribution is -2.55. The number of carbonyl (C=O) groups is 3. The maximum atomic E-state index is 12.8. The quantitative estimate of drug-likeness (QED) is 0.718. The van der Waals surface area contributed by atoms with E-state index in [0.29, 0.717) is 28.1 Å². The third-order valence-corrected chi connectivity index (χ3v) is 6.50. The highest BCUT2D eigenvalue weighted by Gasteiger charge is 2.42. The molecule has 1 aliphatic rings. The summed E-state index contributed by atoms with van der Waals surface area (Å²) in [6.45, 7) is 8.28. The van der Waals surface area contributed by atoms with Gasteiger partial charge >= 0.3 is 11.9 Å². The van der Waals surface area contributed by atoms with Crippen LogP contribution in [0.2, 0.25) is 0 Å². The lowest BCUT2D eigenvalue weighted by atomic mass is 9.81. The third kappa shape index (κ3) is 4.11. The number of benzene rings is 1. The molecule has 8 heteroatoms. The molecule has 1 aromatic heterocycles. The number of amides is 1. The molecule has 1 aromatic carbocycles. The predicted molar refractivity (Wildman–Crippen MR) is 115 cm³/mol. The molecule has 0 saturated carbocycles. The number of anilines is 1. The van der Waals surface area contributed by atoms with Crippen molar-refractivity contribution in [2.45, 2.75) is 45.2 Å². The van der Waals surface area contributed by atoms with Crippen molar-refractivity contribution in [3.05, 3.63) is 51.4 Å². The van der Waals surface area contributed by atoms with Crippen LogP contribution < -0.4 is 10.6 Å². The predicted octanol–water partition coefficient (Wildman–Crippen LogP) is 3.73. The number of hydrogen-bond donors (Lipinski definition) is 2. The highest BCUT2D eigenvalue weighted by Crippen LogP contribution is 2.45. The summed E-state index contributed by atoms with van der Waals surface area (Å²) in [5, 5.41) is 6.92. The van der Waals surface area contributed by atoms with Gasteiger partial charge in [0, 0.05) is 21.5 Å². The van der Waals surface area contributed by atoms with E-state index in [1.165, 1.54) is 37.7 Å². The molecule has 7 nitrogen and oxygen atoms in total. The number of fused-ring (bicyclic) bond motifs is 1. The highest BCUT2D eigenvalue weighted by atomic mass is 32.1. The Kier molecular flexibility index (Phi) is 5.75. The normalized spacial score (nSPS) is 16.3. The minimum absolute atomic E-state index is 0.217. The van der Waals surface area contributed by atoms with Crippen LogP contribution in [0, 0.1) is 0 Å². The topological polar surface area (TPSA) is 93.7 Å².